The van der Waals surface area contributed by atoms with E-state index in [4.69, 9.17) is 4.42 Å². The summed E-state index contributed by atoms with van der Waals surface area (Å²) in [6.07, 6.45) is 3.34. The minimum Gasteiger partial charge on any atom is -0.461 e. The Morgan fingerprint density at radius 1 is 1.12 bits per heavy atom. The van der Waals surface area contributed by atoms with Crippen LogP contribution in [0, 0.1) is 0 Å². The third-order valence-electron chi connectivity index (χ3n) is 6.98. The lowest BCUT2D eigenvalue weighted by Crippen LogP contribution is -2.46. The molecule has 32 heavy (non-hydrogen) atoms. The Balaban J connectivity index is 1.20. The van der Waals surface area contributed by atoms with Gasteiger partial charge in [-0.1, -0.05) is 30.3 Å². The third-order valence-corrected chi connectivity index (χ3v) is 8.97. The van der Waals surface area contributed by atoms with E-state index in [0.717, 1.165) is 86.3 Å². The number of para-hydroxylation sites is 1. The van der Waals surface area contributed by atoms with Gasteiger partial charge in [-0.25, -0.2) is 8.42 Å². The molecule has 3 heterocycles. The zero-order chi connectivity index (χ0) is 22.1. The monoisotopic (exact) mass is 453 g/mol. The quantitative estimate of drug-likeness (QED) is 0.620. The molecule has 0 atom stereocenters. The predicted molar refractivity (Wildman–Crippen MR) is 126 cm³/mol. The maximum absolute atomic E-state index is 13.5. The minimum atomic E-state index is -3.50. The predicted octanol–water partition coefficient (Wildman–Crippen LogP) is 3.41. The molecule has 6 nitrogen and oxygen atoms in total. The number of sulfonamides is 1. The van der Waals surface area contributed by atoms with E-state index in [9.17, 15) is 8.42 Å². The topological polar surface area (TPSA) is 65.8 Å². The lowest BCUT2D eigenvalue weighted by Gasteiger charge is -2.36. The molecule has 2 aromatic carbocycles. The molecular formula is C25H31N3O3S. The second-order valence-corrected chi connectivity index (χ2v) is 10.9. The van der Waals surface area contributed by atoms with Crippen LogP contribution >= 0.6 is 0 Å². The van der Waals surface area contributed by atoms with Crippen LogP contribution in [0.3, 0.4) is 0 Å². The first-order valence-electron chi connectivity index (χ1n) is 11.5. The van der Waals surface area contributed by atoms with Gasteiger partial charge in [0.1, 0.15) is 11.3 Å². The summed E-state index contributed by atoms with van der Waals surface area (Å²) in [6, 6.07) is 15.9. The number of nitrogens with zero attached hydrogens (tertiary/aromatic N) is 2. The molecule has 0 radical (unpaired) electrons. The molecule has 2 aliphatic heterocycles. The SMILES string of the molecule is CN(C1CCN(CCc2cc3ccccc3o2)CC1)S(=O)(=O)c1cccc2c1CCNC2. The van der Waals surface area contributed by atoms with E-state index in [1.54, 1.807) is 17.4 Å². The lowest BCUT2D eigenvalue weighted by molar-refractivity contribution is 0.169. The van der Waals surface area contributed by atoms with Crippen molar-refractivity contribution in [1.82, 2.24) is 14.5 Å². The van der Waals surface area contributed by atoms with Crippen LogP contribution in [0.4, 0.5) is 0 Å². The number of likely N-dealkylation sites (tertiary alicyclic amines) is 1. The van der Waals surface area contributed by atoms with Gasteiger partial charge in [0.15, 0.2) is 0 Å². The van der Waals surface area contributed by atoms with Gasteiger partial charge in [-0.15, -0.1) is 0 Å². The summed E-state index contributed by atoms with van der Waals surface area (Å²) >= 11 is 0. The van der Waals surface area contributed by atoms with E-state index in [0.29, 0.717) is 4.90 Å². The van der Waals surface area contributed by atoms with Crippen molar-refractivity contribution in [3.8, 4) is 0 Å². The molecule has 0 bridgehead atoms. The van der Waals surface area contributed by atoms with E-state index in [1.165, 1.54) is 0 Å². The van der Waals surface area contributed by atoms with Crippen molar-refractivity contribution in [3.63, 3.8) is 0 Å². The lowest BCUT2D eigenvalue weighted by atomic mass is 10.0. The Kier molecular flexibility index (Phi) is 6.07. The Labute approximate surface area is 190 Å². The zero-order valence-electron chi connectivity index (χ0n) is 18.6. The highest BCUT2D eigenvalue weighted by Crippen LogP contribution is 2.28. The van der Waals surface area contributed by atoms with Crippen molar-refractivity contribution < 1.29 is 12.8 Å². The van der Waals surface area contributed by atoms with E-state index in [2.05, 4.69) is 22.3 Å². The van der Waals surface area contributed by atoms with Gasteiger partial charge < -0.3 is 14.6 Å². The van der Waals surface area contributed by atoms with Gasteiger partial charge in [0.25, 0.3) is 0 Å². The van der Waals surface area contributed by atoms with Crippen LogP contribution in [-0.2, 0) is 29.4 Å². The summed E-state index contributed by atoms with van der Waals surface area (Å²) < 4.78 is 34.5. The molecule has 1 aromatic heterocycles. The molecule has 0 aliphatic carbocycles. The number of nitrogens with one attached hydrogen (secondary N) is 1. The smallest absolute Gasteiger partial charge is 0.243 e. The van der Waals surface area contributed by atoms with Gasteiger partial charge in [-0.05, 0) is 68.2 Å². The van der Waals surface area contributed by atoms with Crippen molar-refractivity contribution in [1.29, 1.82) is 0 Å². The molecule has 7 heteroatoms. The fraction of sp³-hybridized carbons (Fsp3) is 0.440. The first-order valence-corrected chi connectivity index (χ1v) is 13.0. The number of fused-ring (bicyclic) bond motifs is 2. The third kappa shape index (κ3) is 4.22. The molecule has 3 aromatic rings. The number of piperidine rings is 1. The zero-order valence-corrected chi connectivity index (χ0v) is 19.4. The van der Waals surface area contributed by atoms with Crippen molar-refractivity contribution in [2.75, 3.05) is 33.2 Å². The van der Waals surface area contributed by atoms with Gasteiger partial charge in [0.2, 0.25) is 10.0 Å². The Bertz CT molecular complexity index is 1160. The molecule has 1 fully saturated rings. The fourth-order valence-corrected chi connectivity index (χ4v) is 6.73. The first kappa shape index (κ1) is 21.6. The maximum Gasteiger partial charge on any atom is 0.243 e. The summed E-state index contributed by atoms with van der Waals surface area (Å²) in [7, 11) is -1.74. The number of furan rings is 1. The summed E-state index contributed by atoms with van der Waals surface area (Å²) in [5.74, 6) is 1.01. The van der Waals surface area contributed by atoms with Crippen LogP contribution in [0.1, 0.15) is 29.7 Å². The number of hydrogen-bond donors (Lipinski definition) is 1. The van der Waals surface area contributed by atoms with Crippen LogP contribution in [-0.4, -0.2) is 56.9 Å². The Morgan fingerprint density at radius 3 is 2.75 bits per heavy atom. The molecule has 0 spiro atoms. The maximum atomic E-state index is 13.5. The summed E-state index contributed by atoms with van der Waals surface area (Å²) in [5, 5.41) is 4.47. The Hall–Kier alpha value is -2.19. The van der Waals surface area contributed by atoms with Crippen LogP contribution in [0.15, 0.2) is 57.8 Å². The van der Waals surface area contributed by atoms with E-state index >= 15 is 0 Å². The molecule has 0 amide bonds. The van der Waals surface area contributed by atoms with Crippen molar-refractivity contribution >= 4 is 21.0 Å². The average Bonchev–Trinajstić information content (AvgIpc) is 3.25. The molecule has 2 aliphatic rings. The van der Waals surface area contributed by atoms with E-state index < -0.39 is 10.0 Å². The van der Waals surface area contributed by atoms with Crippen molar-refractivity contribution in [2.24, 2.45) is 0 Å². The highest BCUT2D eigenvalue weighted by molar-refractivity contribution is 7.89. The number of benzene rings is 2. The standard InChI is InChI=1S/C25H31N3O3S/c1-27(32(29,30)25-8-4-6-20-18-26-13-9-23(20)25)21-10-14-28(15-11-21)16-12-22-17-19-5-2-3-7-24(19)31-22/h2-8,17,21,26H,9-16,18H2,1H3. The van der Waals surface area contributed by atoms with Crippen LogP contribution in [0.2, 0.25) is 0 Å². The highest BCUT2D eigenvalue weighted by Gasteiger charge is 2.33. The van der Waals surface area contributed by atoms with Crippen LogP contribution < -0.4 is 5.32 Å². The highest BCUT2D eigenvalue weighted by atomic mass is 32.2. The number of hydrogen-bond acceptors (Lipinski definition) is 5. The molecule has 0 unspecified atom stereocenters. The largest absolute Gasteiger partial charge is 0.461 e. The molecule has 170 valence electrons. The fourth-order valence-electron chi connectivity index (χ4n) is 5.02. The molecule has 1 N–H and O–H groups in total. The molecule has 1 saturated heterocycles. The second-order valence-electron chi connectivity index (χ2n) is 8.92. The van der Waals surface area contributed by atoms with Gasteiger partial charge in [0.05, 0.1) is 4.90 Å². The van der Waals surface area contributed by atoms with Crippen molar-refractivity contribution in [3.05, 3.63) is 65.4 Å². The molecule has 5 rings (SSSR count). The van der Waals surface area contributed by atoms with Crippen LogP contribution in [0.25, 0.3) is 11.0 Å². The van der Waals surface area contributed by atoms with Crippen LogP contribution in [0.5, 0.6) is 0 Å². The molecule has 0 saturated carbocycles. The van der Waals surface area contributed by atoms with Crippen molar-refractivity contribution in [2.45, 2.75) is 43.2 Å². The average molecular weight is 454 g/mol. The van der Waals surface area contributed by atoms with Gasteiger partial charge in [0, 0.05) is 38.0 Å². The Morgan fingerprint density at radius 2 is 1.94 bits per heavy atom. The van der Waals surface area contributed by atoms with Gasteiger partial charge in [-0.3, -0.25) is 0 Å². The molecular weight excluding hydrogens is 422 g/mol. The first-order chi connectivity index (χ1) is 15.5. The summed E-state index contributed by atoms with van der Waals surface area (Å²) in [4.78, 5) is 2.91. The van der Waals surface area contributed by atoms with E-state index in [-0.39, 0.29) is 6.04 Å². The van der Waals surface area contributed by atoms with Gasteiger partial charge >= 0.3 is 0 Å². The normalized spacial score (nSPS) is 18.3. The van der Waals surface area contributed by atoms with E-state index in [1.807, 2.05) is 30.3 Å². The second kappa shape index (κ2) is 8.98. The minimum absolute atomic E-state index is 0.0417. The van der Waals surface area contributed by atoms with Gasteiger partial charge in [-0.2, -0.15) is 4.31 Å². The summed E-state index contributed by atoms with van der Waals surface area (Å²) in [6.45, 7) is 4.31. The summed E-state index contributed by atoms with van der Waals surface area (Å²) in [5.41, 5.74) is 3.03. The number of rotatable bonds is 6.